The number of nitrogens with zero attached hydrogens (tertiary/aromatic N) is 4. The zero-order valence-electron chi connectivity index (χ0n) is 23.7. The van der Waals surface area contributed by atoms with Gasteiger partial charge in [0.15, 0.2) is 18.4 Å². The first-order valence-electron chi connectivity index (χ1n) is 13.9. The van der Waals surface area contributed by atoms with Gasteiger partial charge >= 0.3 is 5.97 Å². The second kappa shape index (κ2) is 9.02. The smallest absolute Gasteiger partial charge is 0.313 e. The summed E-state index contributed by atoms with van der Waals surface area (Å²) in [6, 6.07) is 3.13. The maximum atomic E-state index is 13.7. The Morgan fingerprint density at radius 1 is 1.14 bits per heavy atom. The van der Waals surface area contributed by atoms with Gasteiger partial charge in [0.25, 0.3) is 17.6 Å². The Hall–Kier alpha value is -4.46. The molecule has 14 heteroatoms. The van der Waals surface area contributed by atoms with E-state index in [1.54, 1.807) is 27.7 Å². The van der Waals surface area contributed by atoms with E-state index in [0.717, 1.165) is 12.1 Å². The number of rotatable bonds is 8. The molecule has 12 nitrogen and oxygen atoms in total. The highest BCUT2D eigenvalue weighted by atomic mass is 19.2. The molecule has 43 heavy (non-hydrogen) atoms. The predicted molar refractivity (Wildman–Crippen MR) is 143 cm³/mol. The second-order valence-corrected chi connectivity index (χ2v) is 12.7. The van der Waals surface area contributed by atoms with E-state index in [4.69, 9.17) is 9.47 Å². The minimum absolute atomic E-state index is 0.0517. The Bertz CT molecular complexity index is 1740. The molecular weight excluding hydrogens is 566 g/mol. The van der Waals surface area contributed by atoms with Crippen LogP contribution in [0.5, 0.6) is 0 Å². The third-order valence-electron chi connectivity index (χ3n) is 8.73. The van der Waals surface area contributed by atoms with Crippen molar-refractivity contribution < 1.29 is 37.4 Å². The topological polar surface area (TPSA) is 146 Å². The number of ether oxygens (including phenoxy) is 2. The lowest BCUT2D eigenvalue weighted by atomic mass is 9.92. The molecule has 2 amide bonds. The third kappa shape index (κ3) is 4.10. The number of halogens is 2. The zero-order chi connectivity index (χ0) is 30.6. The van der Waals surface area contributed by atoms with Crippen LogP contribution in [0.1, 0.15) is 70.5 Å². The van der Waals surface area contributed by atoms with E-state index in [0.29, 0.717) is 28.8 Å². The predicted octanol–water partition coefficient (Wildman–Crippen LogP) is 2.59. The normalized spacial score (nSPS) is 23.5. The zero-order valence-corrected chi connectivity index (χ0v) is 23.7. The lowest BCUT2D eigenvalue weighted by Crippen LogP contribution is -2.60. The molecule has 2 aliphatic carbocycles. The first-order chi connectivity index (χ1) is 20.3. The van der Waals surface area contributed by atoms with E-state index < -0.39 is 46.2 Å². The Kier molecular flexibility index (Phi) is 5.74. The van der Waals surface area contributed by atoms with Crippen LogP contribution in [-0.4, -0.2) is 56.3 Å². The molecular formula is C29H28F2N6O6. The van der Waals surface area contributed by atoms with Gasteiger partial charge in [-0.15, -0.1) is 5.10 Å². The first-order valence-corrected chi connectivity index (χ1v) is 13.9. The Morgan fingerprint density at radius 3 is 2.49 bits per heavy atom. The van der Waals surface area contributed by atoms with E-state index in [1.807, 2.05) is 4.57 Å². The van der Waals surface area contributed by atoms with Crippen LogP contribution in [0, 0.1) is 35.8 Å². The second-order valence-electron chi connectivity index (χ2n) is 12.7. The molecule has 3 fully saturated rings. The molecule has 4 atom stereocenters. The molecule has 2 aromatic heterocycles. The number of nitrogens with one attached hydrogen (secondary N) is 2. The van der Waals surface area contributed by atoms with Gasteiger partial charge in [-0.05, 0) is 57.2 Å². The number of esters is 1. The minimum Gasteiger partial charge on any atom is -0.442 e. The van der Waals surface area contributed by atoms with Crippen molar-refractivity contribution in [3.63, 3.8) is 0 Å². The van der Waals surface area contributed by atoms with Crippen molar-refractivity contribution in [1.82, 2.24) is 24.9 Å². The number of carbonyl (C=O) groups is 4. The molecule has 5 aliphatic rings. The molecule has 2 saturated carbocycles. The highest BCUT2D eigenvalue weighted by Crippen LogP contribution is 2.86. The summed E-state index contributed by atoms with van der Waals surface area (Å²) < 4.78 is 40.9. The van der Waals surface area contributed by atoms with Crippen molar-refractivity contribution in [3.05, 3.63) is 64.2 Å². The average molecular weight is 595 g/mol. The summed E-state index contributed by atoms with van der Waals surface area (Å²) in [5.74, 6) is -4.03. The summed E-state index contributed by atoms with van der Waals surface area (Å²) in [6.07, 6.45) is 1.52. The number of amides is 2. The SMILES string of the molecule is Cc1c(C(=O)C(=O)NC2(c3cn(COC(=O)C(C)(C)C)nn3)COC2)c2n(c1C(=O)Nc1ccc(F)c(F)c1)C1C3C2[C@@H]31. The molecule has 5 heterocycles. The minimum atomic E-state index is -1.12. The maximum Gasteiger partial charge on any atom is 0.313 e. The molecule has 3 aliphatic heterocycles. The lowest BCUT2D eigenvalue weighted by Gasteiger charge is -2.40. The van der Waals surface area contributed by atoms with E-state index in [1.165, 1.54) is 16.9 Å². The monoisotopic (exact) mass is 594 g/mol. The fourth-order valence-corrected chi connectivity index (χ4v) is 6.29. The van der Waals surface area contributed by atoms with Crippen molar-refractivity contribution in [2.24, 2.45) is 17.3 Å². The number of hydrogen-bond donors (Lipinski definition) is 2. The van der Waals surface area contributed by atoms with Gasteiger partial charge in [0.1, 0.15) is 16.9 Å². The molecule has 1 saturated heterocycles. The molecule has 224 valence electrons. The van der Waals surface area contributed by atoms with Crippen LogP contribution in [0.3, 0.4) is 0 Å². The van der Waals surface area contributed by atoms with Crippen molar-refractivity contribution in [1.29, 1.82) is 0 Å². The lowest BCUT2D eigenvalue weighted by molar-refractivity contribution is -0.157. The maximum absolute atomic E-state index is 13.7. The number of Topliss-reactive ketones (excluding diaryl/α,β-unsaturated/α-hetero) is 1. The fraction of sp³-hybridized carbons (Fsp3) is 0.448. The van der Waals surface area contributed by atoms with Crippen molar-refractivity contribution in [2.45, 2.75) is 51.9 Å². The molecule has 3 unspecified atom stereocenters. The summed E-state index contributed by atoms with van der Waals surface area (Å²) in [4.78, 5) is 52.6. The van der Waals surface area contributed by atoms with Gasteiger partial charge in [-0.25, -0.2) is 13.5 Å². The van der Waals surface area contributed by atoms with E-state index in [9.17, 15) is 28.0 Å². The highest BCUT2D eigenvalue weighted by Gasteiger charge is 2.81. The van der Waals surface area contributed by atoms with Gasteiger partial charge in [-0.2, -0.15) is 0 Å². The highest BCUT2D eigenvalue weighted by molar-refractivity contribution is 6.44. The number of hydrogen-bond acceptors (Lipinski definition) is 8. The summed E-state index contributed by atoms with van der Waals surface area (Å²) in [6.45, 7) is 6.71. The van der Waals surface area contributed by atoms with E-state index in [-0.39, 0.29) is 48.8 Å². The van der Waals surface area contributed by atoms with Crippen molar-refractivity contribution in [3.8, 4) is 0 Å². The number of ketones is 1. The van der Waals surface area contributed by atoms with E-state index in [2.05, 4.69) is 20.9 Å². The van der Waals surface area contributed by atoms with Crippen molar-refractivity contribution in [2.75, 3.05) is 18.5 Å². The molecule has 3 aromatic rings. The number of anilines is 1. The number of aromatic nitrogens is 4. The average Bonchev–Trinajstić information content (AvgIpc) is 3.57. The van der Waals surface area contributed by atoms with Crippen LogP contribution >= 0.6 is 0 Å². The standard InChI is InChI=1S/C29H28F2N6O6/c1-12-17(22-18-19-20(18)23(19)37(22)21(12)25(39)32-13-5-6-14(30)15(31)7-13)24(38)26(40)33-29(9-42-10-29)16-8-36(35-34-16)11-43-27(41)28(2,3)4/h5-8,18-20,23H,9-11H2,1-4H3,(H,32,39)(H,33,40)/t18?,19-,20?,23?/m0/s1. The van der Waals surface area contributed by atoms with Crippen LogP contribution in [0.2, 0.25) is 0 Å². The first kappa shape index (κ1) is 27.4. The van der Waals surface area contributed by atoms with Crippen LogP contribution in [0.15, 0.2) is 24.4 Å². The van der Waals surface area contributed by atoms with E-state index >= 15 is 0 Å². The summed E-state index contributed by atoms with van der Waals surface area (Å²) >= 11 is 0. The Labute approximate surface area is 243 Å². The Balaban J connectivity index is 1.11. The van der Waals surface area contributed by atoms with Gasteiger partial charge in [0.05, 0.1) is 30.4 Å². The van der Waals surface area contributed by atoms with Gasteiger partial charge in [-0.3, -0.25) is 19.2 Å². The fourth-order valence-electron chi connectivity index (χ4n) is 6.29. The van der Waals surface area contributed by atoms with Crippen LogP contribution in [-0.2, 0) is 31.3 Å². The molecule has 0 spiro atoms. The third-order valence-corrected chi connectivity index (χ3v) is 8.73. The molecule has 8 rings (SSSR count). The van der Waals surface area contributed by atoms with Gasteiger partial charge in [0, 0.05) is 29.4 Å². The molecule has 1 aromatic carbocycles. The molecule has 2 N–H and O–H groups in total. The summed E-state index contributed by atoms with van der Waals surface area (Å²) in [7, 11) is 0. The molecule has 0 radical (unpaired) electrons. The molecule has 2 bridgehead atoms. The van der Waals surface area contributed by atoms with Crippen LogP contribution in [0.4, 0.5) is 14.5 Å². The Morgan fingerprint density at radius 2 is 1.86 bits per heavy atom. The largest absolute Gasteiger partial charge is 0.442 e. The summed E-state index contributed by atoms with van der Waals surface area (Å²) in [5.41, 5.74) is 0.00373. The number of carbonyl (C=O) groups excluding carboxylic acids is 4. The van der Waals surface area contributed by atoms with Gasteiger partial charge in [0.2, 0.25) is 0 Å². The quantitative estimate of drug-likeness (QED) is 0.230. The van der Waals surface area contributed by atoms with Crippen molar-refractivity contribution >= 4 is 29.3 Å². The van der Waals surface area contributed by atoms with Crippen LogP contribution < -0.4 is 10.6 Å². The van der Waals surface area contributed by atoms with Crippen LogP contribution in [0.25, 0.3) is 0 Å². The number of benzene rings is 1. The van der Waals surface area contributed by atoms with Gasteiger partial charge < -0.3 is 24.7 Å². The summed E-state index contributed by atoms with van der Waals surface area (Å²) in [5, 5.41) is 13.5. The van der Waals surface area contributed by atoms with Gasteiger partial charge in [-0.1, -0.05) is 5.21 Å².